The summed E-state index contributed by atoms with van der Waals surface area (Å²) in [6, 6.07) is 0. The van der Waals surface area contributed by atoms with Crippen molar-refractivity contribution in [2.24, 2.45) is 23.7 Å². The number of carboxylic acid groups (broad SMARTS) is 1. The van der Waals surface area contributed by atoms with E-state index >= 15 is 0 Å². The van der Waals surface area contributed by atoms with Gasteiger partial charge in [-0.25, -0.2) is 0 Å². The van der Waals surface area contributed by atoms with E-state index in [1.54, 1.807) is 0 Å². The quantitative estimate of drug-likeness (QED) is 0.397. The van der Waals surface area contributed by atoms with Crippen LogP contribution in [-0.4, -0.2) is 56.8 Å². The van der Waals surface area contributed by atoms with Crippen molar-refractivity contribution in [2.75, 3.05) is 0 Å². The summed E-state index contributed by atoms with van der Waals surface area (Å²) in [5, 5.41) is 39.1. The molecule has 2 rings (SSSR count). The van der Waals surface area contributed by atoms with E-state index in [1.165, 1.54) is 0 Å². The predicted octanol–water partition coefficient (Wildman–Crippen LogP) is 2.44. The first kappa shape index (κ1) is 24.6. The van der Waals surface area contributed by atoms with Crippen molar-refractivity contribution in [3.05, 3.63) is 23.8 Å². The molecule has 0 bridgehead atoms. The number of carboxylic acids is 1. The highest BCUT2D eigenvalue weighted by atomic mass is 16.5. The average Bonchev–Trinajstić information content (AvgIpc) is 2.65. The predicted molar refractivity (Wildman–Crippen MR) is 111 cm³/mol. The molecule has 7 nitrogen and oxygen atoms in total. The Kier molecular flexibility index (Phi) is 9.07. The summed E-state index contributed by atoms with van der Waals surface area (Å²) in [7, 11) is 0. The monoisotopic (exact) mass is 424 g/mol. The van der Waals surface area contributed by atoms with E-state index in [1.807, 2.05) is 26.0 Å². The average molecular weight is 425 g/mol. The molecular formula is C23H36O7. The van der Waals surface area contributed by atoms with Crippen LogP contribution in [0.15, 0.2) is 23.8 Å². The van der Waals surface area contributed by atoms with Crippen LogP contribution in [0.4, 0.5) is 0 Å². The van der Waals surface area contributed by atoms with Crippen LogP contribution in [-0.2, 0) is 14.3 Å². The van der Waals surface area contributed by atoms with Gasteiger partial charge in [-0.2, -0.15) is 0 Å². The summed E-state index contributed by atoms with van der Waals surface area (Å²) in [5.74, 6) is -1.31. The number of hydrogen-bond acceptors (Lipinski definition) is 6. The molecule has 0 aromatic rings. The number of aliphatic hydroxyl groups excluding tert-OH is 3. The van der Waals surface area contributed by atoms with Gasteiger partial charge in [0.05, 0.1) is 30.7 Å². The van der Waals surface area contributed by atoms with Gasteiger partial charge in [-0.15, -0.1) is 0 Å². The standard InChI is InChI=1S/C23H36O7/c1-4-13(2)23(29)30-20-11-17(25)9-15-6-5-14(3)19(22(15)20)8-7-16(24)10-18(26)12-21(27)28/h5-6,9,13-14,16-20,22,24-26H,4,7-8,10-12H2,1-3H3,(H,27,28)/t13-,14?,16+,17-,18+,19-,20-,22?/m0/s1. The highest BCUT2D eigenvalue weighted by molar-refractivity contribution is 5.72. The molecule has 0 saturated heterocycles. The van der Waals surface area contributed by atoms with Crippen LogP contribution in [0.1, 0.15) is 59.3 Å². The molecule has 30 heavy (non-hydrogen) atoms. The molecule has 2 unspecified atom stereocenters. The van der Waals surface area contributed by atoms with Gasteiger partial charge >= 0.3 is 11.9 Å². The first-order chi connectivity index (χ1) is 14.1. The summed E-state index contributed by atoms with van der Waals surface area (Å²) in [6.07, 6.45) is 4.64. The van der Waals surface area contributed by atoms with Crippen LogP contribution in [0.25, 0.3) is 0 Å². The van der Waals surface area contributed by atoms with Gasteiger partial charge in [0, 0.05) is 12.3 Å². The van der Waals surface area contributed by atoms with E-state index in [0.29, 0.717) is 25.7 Å². The third kappa shape index (κ3) is 6.65. The summed E-state index contributed by atoms with van der Waals surface area (Å²) in [5.41, 5.74) is 0.958. The molecule has 0 saturated carbocycles. The highest BCUT2D eigenvalue weighted by Crippen LogP contribution is 2.44. The van der Waals surface area contributed by atoms with Crippen LogP contribution >= 0.6 is 0 Å². The molecule has 0 heterocycles. The summed E-state index contributed by atoms with van der Waals surface area (Å²) >= 11 is 0. The van der Waals surface area contributed by atoms with E-state index in [-0.39, 0.29) is 42.5 Å². The van der Waals surface area contributed by atoms with Crippen molar-refractivity contribution >= 4 is 11.9 Å². The molecule has 0 aromatic heterocycles. The maximum absolute atomic E-state index is 12.4. The van der Waals surface area contributed by atoms with E-state index in [0.717, 1.165) is 5.57 Å². The Labute approximate surface area is 178 Å². The molecule has 0 amide bonds. The van der Waals surface area contributed by atoms with Gasteiger partial charge in [0.15, 0.2) is 0 Å². The van der Waals surface area contributed by atoms with Crippen molar-refractivity contribution in [1.29, 1.82) is 0 Å². The molecule has 2 aliphatic rings. The maximum atomic E-state index is 12.4. The Morgan fingerprint density at radius 1 is 1.27 bits per heavy atom. The van der Waals surface area contributed by atoms with E-state index in [2.05, 4.69) is 13.0 Å². The number of carbonyl (C=O) groups excluding carboxylic acids is 1. The Morgan fingerprint density at radius 3 is 2.60 bits per heavy atom. The SMILES string of the molecule is CC[C@H](C)C(=O)O[C@H]1C[C@@H](O)C=C2C=CC(C)[C@H](CC[C@@H](O)C[C@@H](O)CC(=O)O)C21. The fourth-order valence-corrected chi connectivity index (χ4v) is 4.52. The van der Waals surface area contributed by atoms with Gasteiger partial charge in [-0.05, 0) is 43.1 Å². The molecule has 7 heteroatoms. The molecule has 0 aromatic carbocycles. The third-order valence-corrected chi connectivity index (χ3v) is 6.44. The number of carbonyl (C=O) groups is 2. The molecular weight excluding hydrogens is 388 g/mol. The maximum Gasteiger partial charge on any atom is 0.308 e. The normalized spacial score (nSPS) is 31.3. The topological polar surface area (TPSA) is 124 Å². The van der Waals surface area contributed by atoms with Gasteiger partial charge in [0.25, 0.3) is 0 Å². The van der Waals surface area contributed by atoms with Crippen molar-refractivity contribution in [3.8, 4) is 0 Å². The number of allylic oxidation sites excluding steroid dienone is 2. The Balaban J connectivity index is 2.09. The molecule has 2 aliphatic carbocycles. The van der Waals surface area contributed by atoms with Gasteiger partial charge in [-0.3, -0.25) is 9.59 Å². The molecule has 0 aliphatic heterocycles. The van der Waals surface area contributed by atoms with Crippen LogP contribution in [0.3, 0.4) is 0 Å². The van der Waals surface area contributed by atoms with Crippen molar-refractivity contribution < 1.29 is 34.8 Å². The minimum Gasteiger partial charge on any atom is -0.481 e. The largest absolute Gasteiger partial charge is 0.481 e. The number of rotatable bonds is 10. The fourth-order valence-electron chi connectivity index (χ4n) is 4.52. The lowest BCUT2D eigenvalue weighted by molar-refractivity contribution is -0.159. The number of hydrogen-bond donors (Lipinski definition) is 4. The minimum absolute atomic E-state index is 0.0156. The van der Waals surface area contributed by atoms with Gasteiger partial charge in [-0.1, -0.05) is 39.0 Å². The van der Waals surface area contributed by atoms with Crippen LogP contribution in [0.5, 0.6) is 0 Å². The minimum atomic E-state index is -1.10. The van der Waals surface area contributed by atoms with Gasteiger partial charge in [0.2, 0.25) is 0 Å². The van der Waals surface area contributed by atoms with Crippen molar-refractivity contribution in [2.45, 2.75) is 83.7 Å². The highest BCUT2D eigenvalue weighted by Gasteiger charge is 2.42. The smallest absolute Gasteiger partial charge is 0.308 e. The second-order valence-corrected chi connectivity index (χ2v) is 8.88. The number of ether oxygens (including phenoxy) is 1. The van der Waals surface area contributed by atoms with E-state index in [4.69, 9.17) is 9.84 Å². The van der Waals surface area contributed by atoms with Crippen molar-refractivity contribution in [3.63, 3.8) is 0 Å². The fraction of sp³-hybridized carbons (Fsp3) is 0.739. The number of esters is 1. The lowest BCUT2D eigenvalue weighted by Gasteiger charge is -2.43. The van der Waals surface area contributed by atoms with Crippen LogP contribution in [0, 0.1) is 23.7 Å². The summed E-state index contributed by atoms with van der Waals surface area (Å²) in [4.78, 5) is 23.1. The first-order valence-corrected chi connectivity index (χ1v) is 11.0. The number of fused-ring (bicyclic) bond motifs is 1. The lowest BCUT2D eigenvalue weighted by Crippen LogP contribution is -2.43. The zero-order valence-corrected chi connectivity index (χ0v) is 18.1. The number of aliphatic hydroxyl groups is 3. The van der Waals surface area contributed by atoms with E-state index in [9.17, 15) is 24.9 Å². The molecule has 4 N–H and O–H groups in total. The zero-order chi connectivity index (χ0) is 22.4. The van der Waals surface area contributed by atoms with Gasteiger partial charge in [0.1, 0.15) is 6.10 Å². The lowest BCUT2D eigenvalue weighted by atomic mass is 9.66. The molecule has 0 fully saturated rings. The number of aliphatic carboxylic acids is 1. The van der Waals surface area contributed by atoms with Crippen molar-refractivity contribution in [1.82, 2.24) is 0 Å². The molecule has 0 radical (unpaired) electrons. The van der Waals surface area contributed by atoms with Crippen LogP contribution in [0.2, 0.25) is 0 Å². The summed E-state index contributed by atoms with van der Waals surface area (Å²) in [6.45, 7) is 5.85. The second kappa shape index (κ2) is 11.1. The molecule has 0 spiro atoms. The van der Waals surface area contributed by atoms with Crippen LogP contribution < -0.4 is 0 Å². The first-order valence-electron chi connectivity index (χ1n) is 11.0. The Bertz CT molecular complexity index is 656. The molecule has 8 atom stereocenters. The van der Waals surface area contributed by atoms with Gasteiger partial charge < -0.3 is 25.2 Å². The summed E-state index contributed by atoms with van der Waals surface area (Å²) < 4.78 is 5.84. The van der Waals surface area contributed by atoms with E-state index < -0.39 is 30.4 Å². The molecule has 170 valence electrons. The Morgan fingerprint density at radius 2 is 1.97 bits per heavy atom. The second-order valence-electron chi connectivity index (χ2n) is 8.88. The third-order valence-electron chi connectivity index (χ3n) is 6.44. The Hall–Kier alpha value is -1.70. The zero-order valence-electron chi connectivity index (χ0n) is 18.1.